The van der Waals surface area contributed by atoms with E-state index in [4.69, 9.17) is 14.7 Å². The van der Waals surface area contributed by atoms with E-state index in [1.54, 1.807) is 17.5 Å². The number of benzene rings is 3. The third-order valence-corrected chi connectivity index (χ3v) is 8.24. The number of anilines is 3. The minimum Gasteiger partial charge on any atom is -0.379 e. The molecular weight excluding hydrogens is 570 g/mol. The number of ether oxygens (including phenoxy) is 1. The van der Waals surface area contributed by atoms with E-state index in [9.17, 15) is 4.79 Å². The van der Waals surface area contributed by atoms with Gasteiger partial charge < -0.3 is 15.4 Å². The fraction of sp³-hybridized carbons (Fsp3) is 0.176. The van der Waals surface area contributed by atoms with Crippen LogP contribution in [0, 0.1) is 0 Å². The van der Waals surface area contributed by atoms with E-state index in [-0.39, 0.29) is 5.91 Å². The largest absolute Gasteiger partial charge is 0.379 e. The Morgan fingerprint density at radius 3 is 2.59 bits per heavy atom. The fourth-order valence-corrected chi connectivity index (χ4v) is 6.12. The van der Waals surface area contributed by atoms with Gasteiger partial charge in [0.05, 0.1) is 31.0 Å². The number of nitrogens with zero attached hydrogens (tertiary/aromatic N) is 5. The van der Waals surface area contributed by atoms with E-state index < -0.39 is 0 Å². The summed E-state index contributed by atoms with van der Waals surface area (Å²) < 4.78 is 7.54. The van der Waals surface area contributed by atoms with Gasteiger partial charge in [-0.1, -0.05) is 54.6 Å². The van der Waals surface area contributed by atoms with Crippen LogP contribution in [0.1, 0.15) is 11.1 Å². The van der Waals surface area contributed by atoms with Gasteiger partial charge >= 0.3 is 0 Å². The van der Waals surface area contributed by atoms with Gasteiger partial charge in [-0.05, 0) is 41.5 Å². The molecule has 6 aromatic rings. The number of morpholine rings is 1. The zero-order valence-electron chi connectivity index (χ0n) is 24.0. The molecule has 44 heavy (non-hydrogen) atoms. The summed E-state index contributed by atoms with van der Waals surface area (Å²) >= 11 is 1.56. The molecule has 10 heteroatoms. The number of hydrogen-bond donors (Lipinski definition) is 2. The average Bonchev–Trinajstić information content (AvgIpc) is 3.64. The fourth-order valence-electron chi connectivity index (χ4n) is 5.41. The molecule has 1 aliphatic rings. The molecule has 2 N–H and O–H groups in total. The Morgan fingerprint density at radius 2 is 1.70 bits per heavy atom. The topological polar surface area (TPSA) is 96.7 Å². The molecule has 0 atom stereocenters. The minimum atomic E-state index is -0.0695. The van der Waals surface area contributed by atoms with Gasteiger partial charge in [0.25, 0.3) is 0 Å². The van der Waals surface area contributed by atoms with E-state index in [2.05, 4.69) is 43.1 Å². The summed E-state index contributed by atoms with van der Waals surface area (Å²) in [6, 6.07) is 27.8. The van der Waals surface area contributed by atoms with Gasteiger partial charge in [0.1, 0.15) is 5.69 Å². The number of thiazole rings is 1. The maximum Gasteiger partial charge on any atom is 0.228 e. The summed E-state index contributed by atoms with van der Waals surface area (Å²) in [6.07, 6.45) is 4.07. The highest BCUT2D eigenvalue weighted by Gasteiger charge is 2.19. The smallest absolute Gasteiger partial charge is 0.228 e. The summed E-state index contributed by atoms with van der Waals surface area (Å²) in [6.45, 7) is 4.31. The van der Waals surface area contributed by atoms with Crippen LogP contribution in [0.4, 0.5) is 17.3 Å². The maximum atomic E-state index is 12.8. The molecule has 7 rings (SSSR count). The van der Waals surface area contributed by atoms with Crippen LogP contribution in [0.5, 0.6) is 0 Å². The lowest BCUT2D eigenvalue weighted by molar-refractivity contribution is -0.115. The Bertz CT molecular complexity index is 1900. The lowest BCUT2D eigenvalue weighted by Gasteiger charge is -2.26. The van der Waals surface area contributed by atoms with Gasteiger partial charge in [-0.3, -0.25) is 14.1 Å². The SMILES string of the molecule is O=C(Cc1ccccc1)Nc1cccc(-c2nc3sccn3c2-c2ccnc(Nc3cccc(CN4CCOCC4)c3)n2)c1. The second kappa shape index (κ2) is 12.8. The zero-order valence-corrected chi connectivity index (χ0v) is 24.8. The van der Waals surface area contributed by atoms with Gasteiger partial charge in [-0.25, -0.2) is 15.0 Å². The van der Waals surface area contributed by atoms with Gasteiger partial charge in [0, 0.05) is 54.3 Å². The van der Waals surface area contributed by atoms with Gasteiger partial charge in [0.15, 0.2) is 4.96 Å². The molecule has 1 saturated heterocycles. The average molecular weight is 602 g/mol. The van der Waals surface area contributed by atoms with E-state index in [0.717, 1.165) is 71.7 Å². The molecule has 0 saturated carbocycles. The Labute approximate surface area is 259 Å². The van der Waals surface area contributed by atoms with Crippen molar-refractivity contribution in [3.8, 4) is 22.6 Å². The summed E-state index contributed by atoms with van der Waals surface area (Å²) in [4.78, 5) is 30.4. The van der Waals surface area contributed by atoms with E-state index >= 15 is 0 Å². The van der Waals surface area contributed by atoms with Crippen molar-refractivity contribution in [2.45, 2.75) is 13.0 Å². The number of nitrogens with one attached hydrogen (secondary N) is 2. The standard InChI is InChI=1S/C34H31N7O2S/c42-30(21-24-6-2-1-3-7-24)36-28-11-5-9-26(22-28)31-32(41-16-19-44-34(41)39-31)29-12-13-35-33(38-29)37-27-10-4-8-25(20-27)23-40-14-17-43-18-15-40/h1-13,16,19-20,22H,14-15,17-18,21,23H2,(H,36,42)(H,35,37,38). The first kappa shape index (κ1) is 27.9. The van der Waals surface area contributed by atoms with Crippen LogP contribution < -0.4 is 10.6 Å². The van der Waals surface area contributed by atoms with Crippen LogP contribution in [0.15, 0.2) is 103 Å². The molecule has 220 valence electrons. The number of carbonyl (C=O) groups is 1. The van der Waals surface area contributed by atoms with Crippen LogP contribution in [0.3, 0.4) is 0 Å². The molecule has 1 aliphatic heterocycles. The summed E-state index contributed by atoms with van der Waals surface area (Å²) in [5.74, 6) is 0.434. The second-order valence-electron chi connectivity index (χ2n) is 10.6. The predicted molar refractivity (Wildman–Crippen MR) is 174 cm³/mol. The highest BCUT2D eigenvalue weighted by atomic mass is 32.1. The van der Waals surface area contributed by atoms with Crippen molar-refractivity contribution in [2.75, 3.05) is 36.9 Å². The molecule has 3 aromatic heterocycles. The normalized spacial score (nSPS) is 13.6. The van der Waals surface area contributed by atoms with Crippen molar-refractivity contribution in [1.29, 1.82) is 0 Å². The van der Waals surface area contributed by atoms with Crippen LogP contribution >= 0.6 is 11.3 Å². The van der Waals surface area contributed by atoms with E-state index in [0.29, 0.717) is 18.1 Å². The number of rotatable bonds is 9. The Kier molecular flexibility index (Phi) is 8.09. The quantitative estimate of drug-likeness (QED) is 0.201. The third-order valence-electron chi connectivity index (χ3n) is 7.48. The minimum absolute atomic E-state index is 0.0695. The van der Waals surface area contributed by atoms with Gasteiger partial charge in [-0.2, -0.15) is 0 Å². The Hall–Kier alpha value is -4.90. The Balaban J connectivity index is 1.14. The van der Waals surface area contributed by atoms with Crippen molar-refractivity contribution < 1.29 is 9.53 Å². The molecule has 0 aliphatic carbocycles. The van der Waals surface area contributed by atoms with Crippen LogP contribution in [0.25, 0.3) is 27.6 Å². The second-order valence-corrected chi connectivity index (χ2v) is 11.5. The molecule has 0 unspecified atom stereocenters. The molecule has 0 radical (unpaired) electrons. The zero-order chi connectivity index (χ0) is 29.7. The predicted octanol–water partition coefficient (Wildman–Crippen LogP) is 6.28. The highest BCUT2D eigenvalue weighted by Crippen LogP contribution is 2.35. The van der Waals surface area contributed by atoms with Crippen molar-refractivity contribution in [2.24, 2.45) is 0 Å². The number of carbonyl (C=O) groups excluding carboxylic acids is 1. The highest BCUT2D eigenvalue weighted by molar-refractivity contribution is 7.15. The monoisotopic (exact) mass is 601 g/mol. The third kappa shape index (κ3) is 6.37. The lowest BCUT2D eigenvalue weighted by Crippen LogP contribution is -2.35. The molecule has 9 nitrogen and oxygen atoms in total. The lowest BCUT2D eigenvalue weighted by atomic mass is 10.1. The first-order valence-electron chi connectivity index (χ1n) is 14.6. The van der Waals surface area contributed by atoms with Crippen LogP contribution in [0.2, 0.25) is 0 Å². The van der Waals surface area contributed by atoms with Crippen molar-refractivity contribution in [1.82, 2.24) is 24.3 Å². The van der Waals surface area contributed by atoms with Crippen LogP contribution in [-0.2, 0) is 22.5 Å². The summed E-state index contributed by atoms with van der Waals surface area (Å²) in [7, 11) is 0. The van der Waals surface area contributed by atoms with Gasteiger partial charge in [0.2, 0.25) is 11.9 Å². The van der Waals surface area contributed by atoms with E-state index in [1.165, 1.54) is 5.56 Å². The summed E-state index contributed by atoms with van der Waals surface area (Å²) in [5.41, 5.74) is 7.11. The first-order chi connectivity index (χ1) is 21.7. The summed E-state index contributed by atoms with van der Waals surface area (Å²) in [5, 5.41) is 8.44. The molecule has 1 amide bonds. The molecule has 0 spiro atoms. The van der Waals surface area contributed by atoms with Crippen molar-refractivity contribution in [3.63, 3.8) is 0 Å². The number of hydrogen-bond acceptors (Lipinski definition) is 8. The number of amides is 1. The molecular formula is C34H31N7O2S. The number of fused-ring (bicyclic) bond motifs is 1. The first-order valence-corrected chi connectivity index (χ1v) is 15.5. The van der Waals surface area contributed by atoms with Gasteiger partial charge in [-0.15, -0.1) is 11.3 Å². The molecule has 3 aromatic carbocycles. The molecule has 1 fully saturated rings. The Morgan fingerprint density at radius 1 is 0.886 bits per heavy atom. The maximum absolute atomic E-state index is 12.8. The van der Waals surface area contributed by atoms with Crippen molar-refractivity contribution >= 4 is 39.5 Å². The van der Waals surface area contributed by atoms with Crippen LogP contribution in [-0.4, -0.2) is 56.5 Å². The van der Waals surface area contributed by atoms with E-state index in [1.807, 2.05) is 78.3 Å². The molecule has 0 bridgehead atoms. The number of imidazole rings is 1. The molecule has 4 heterocycles. The van der Waals surface area contributed by atoms with Crippen molar-refractivity contribution in [3.05, 3.63) is 114 Å². The number of aromatic nitrogens is 4.